The van der Waals surface area contributed by atoms with Crippen LogP contribution in [0.3, 0.4) is 0 Å². The maximum Gasteiger partial charge on any atom is 0.0367 e. The summed E-state index contributed by atoms with van der Waals surface area (Å²) in [7, 11) is 0. The first-order chi connectivity index (χ1) is 7.97. The molecule has 0 N–H and O–H groups in total. The van der Waals surface area contributed by atoms with Gasteiger partial charge in [0, 0.05) is 41.0 Å². The van der Waals surface area contributed by atoms with Gasteiger partial charge >= 0.3 is 0 Å². The van der Waals surface area contributed by atoms with Crippen molar-refractivity contribution in [1.29, 1.82) is 0 Å². The van der Waals surface area contributed by atoms with Gasteiger partial charge in [0.25, 0.3) is 0 Å². The van der Waals surface area contributed by atoms with Crippen molar-refractivity contribution in [2.75, 3.05) is 31.1 Å². The molecule has 0 spiro atoms. The number of halogens is 1. The molecule has 1 aliphatic heterocycles. The van der Waals surface area contributed by atoms with Crippen LogP contribution in [0.1, 0.15) is 20.8 Å². The zero-order valence-electron chi connectivity index (χ0n) is 10.9. The van der Waals surface area contributed by atoms with Crippen LogP contribution in [0, 0.1) is 3.57 Å². The Morgan fingerprint density at radius 3 is 1.94 bits per heavy atom. The Labute approximate surface area is 118 Å². The van der Waals surface area contributed by atoms with Gasteiger partial charge < -0.3 is 4.90 Å². The van der Waals surface area contributed by atoms with Gasteiger partial charge in [0.1, 0.15) is 0 Å². The minimum Gasteiger partial charge on any atom is -0.369 e. The van der Waals surface area contributed by atoms with Gasteiger partial charge in [-0.3, -0.25) is 4.90 Å². The molecule has 0 aromatic heterocycles. The zero-order chi connectivity index (χ0) is 12.5. The van der Waals surface area contributed by atoms with Crippen molar-refractivity contribution in [2.45, 2.75) is 26.3 Å². The predicted molar refractivity (Wildman–Crippen MR) is 82.7 cm³/mol. The summed E-state index contributed by atoms with van der Waals surface area (Å²) >= 11 is 2.35. The second-order valence-electron chi connectivity index (χ2n) is 5.62. The summed E-state index contributed by atoms with van der Waals surface area (Å²) in [6, 6.07) is 8.83. The number of nitrogens with zero attached hydrogens (tertiary/aromatic N) is 2. The Balaban J connectivity index is 1.97. The second-order valence-corrected chi connectivity index (χ2v) is 6.87. The lowest BCUT2D eigenvalue weighted by atomic mass is 10.0. The van der Waals surface area contributed by atoms with E-state index in [1.807, 2.05) is 0 Å². The van der Waals surface area contributed by atoms with Crippen molar-refractivity contribution >= 4 is 28.3 Å². The van der Waals surface area contributed by atoms with Crippen LogP contribution in [0.5, 0.6) is 0 Å². The maximum atomic E-state index is 2.57. The fourth-order valence-corrected chi connectivity index (χ4v) is 2.65. The van der Waals surface area contributed by atoms with Gasteiger partial charge in [-0.1, -0.05) is 0 Å². The van der Waals surface area contributed by atoms with E-state index in [1.165, 1.54) is 9.26 Å². The summed E-state index contributed by atoms with van der Waals surface area (Å²) in [5, 5.41) is 0. The molecular formula is C14H21IN2. The van der Waals surface area contributed by atoms with Crippen LogP contribution in [0.25, 0.3) is 0 Å². The van der Waals surface area contributed by atoms with Gasteiger partial charge in [-0.05, 0) is 67.6 Å². The van der Waals surface area contributed by atoms with E-state index in [0.717, 1.165) is 26.2 Å². The summed E-state index contributed by atoms with van der Waals surface area (Å²) in [6.45, 7) is 11.5. The quantitative estimate of drug-likeness (QED) is 0.722. The topological polar surface area (TPSA) is 6.48 Å². The van der Waals surface area contributed by atoms with E-state index in [4.69, 9.17) is 0 Å². The van der Waals surface area contributed by atoms with Crippen molar-refractivity contribution < 1.29 is 0 Å². The molecule has 1 aromatic rings. The molecule has 1 fully saturated rings. The van der Waals surface area contributed by atoms with Crippen LogP contribution >= 0.6 is 22.6 Å². The molecule has 0 saturated carbocycles. The first-order valence-electron chi connectivity index (χ1n) is 6.22. The third kappa shape index (κ3) is 3.35. The van der Waals surface area contributed by atoms with Gasteiger partial charge in [0.15, 0.2) is 0 Å². The Morgan fingerprint density at radius 1 is 0.941 bits per heavy atom. The van der Waals surface area contributed by atoms with Crippen LogP contribution in [0.4, 0.5) is 5.69 Å². The molecule has 1 aliphatic rings. The predicted octanol–water partition coefficient (Wildman–Crippen LogP) is 3.21. The summed E-state index contributed by atoms with van der Waals surface area (Å²) in [6.07, 6.45) is 0. The van der Waals surface area contributed by atoms with Crippen LogP contribution in [0.2, 0.25) is 0 Å². The lowest BCUT2D eigenvalue weighted by molar-refractivity contribution is 0.128. The third-order valence-electron chi connectivity index (χ3n) is 3.42. The minimum absolute atomic E-state index is 0.304. The van der Waals surface area contributed by atoms with Crippen molar-refractivity contribution in [3.8, 4) is 0 Å². The molecule has 17 heavy (non-hydrogen) atoms. The third-order valence-corrected chi connectivity index (χ3v) is 4.14. The SMILES string of the molecule is CC(C)(C)N1CCN(c2ccc(I)cc2)CC1. The molecule has 3 heteroatoms. The number of hydrogen-bond acceptors (Lipinski definition) is 2. The second kappa shape index (κ2) is 5.14. The average molecular weight is 344 g/mol. The number of benzene rings is 1. The molecule has 0 bridgehead atoms. The Hall–Kier alpha value is -0.290. The highest BCUT2D eigenvalue weighted by molar-refractivity contribution is 14.1. The Bertz CT molecular complexity index is 359. The van der Waals surface area contributed by atoms with Gasteiger partial charge in [0.2, 0.25) is 0 Å². The lowest BCUT2D eigenvalue weighted by Gasteiger charge is -2.43. The molecule has 0 radical (unpaired) electrons. The van der Waals surface area contributed by atoms with Crippen molar-refractivity contribution in [1.82, 2.24) is 4.90 Å². The van der Waals surface area contributed by atoms with Gasteiger partial charge in [-0.15, -0.1) is 0 Å². The first-order valence-corrected chi connectivity index (χ1v) is 7.30. The minimum atomic E-state index is 0.304. The number of piperazine rings is 1. The highest BCUT2D eigenvalue weighted by atomic mass is 127. The molecule has 0 unspecified atom stereocenters. The van der Waals surface area contributed by atoms with Gasteiger partial charge in [0.05, 0.1) is 0 Å². The number of anilines is 1. The lowest BCUT2D eigenvalue weighted by Crippen LogP contribution is -2.53. The van der Waals surface area contributed by atoms with Crippen molar-refractivity contribution in [3.05, 3.63) is 27.8 Å². The summed E-state index contributed by atoms with van der Waals surface area (Å²) in [5.74, 6) is 0. The summed E-state index contributed by atoms with van der Waals surface area (Å²) in [5.41, 5.74) is 1.66. The Kier molecular flexibility index (Phi) is 3.98. The highest BCUT2D eigenvalue weighted by Crippen LogP contribution is 2.21. The van der Waals surface area contributed by atoms with E-state index in [2.05, 4.69) is 77.4 Å². The zero-order valence-corrected chi connectivity index (χ0v) is 13.1. The number of hydrogen-bond donors (Lipinski definition) is 0. The molecule has 94 valence electrons. The molecule has 2 nitrogen and oxygen atoms in total. The van der Waals surface area contributed by atoms with Crippen LogP contribution < -0.4 is 4.90 Å². The van der Waals surface area contributed by atoms with Crippen LogP contribution in [0.15, 0.2) is 24.3 Å². The first kappa shape index (κ1) is 13.1. The van der Waals surface area contributed by atoms with Crippen LogP contribution in [-0.2, 0) is 0 Å². The Morgan fingerprint density at radius 2 is 1.47 bits per heavy atom. The summed E-state index contributed by atoms with van der Waals surface area (Å²) in [4.78, 5) is 5.05. The fourth-order valence-electron chi connectivity index (χ4n) is 2.29. The van der Waals surface area contributed by atoms with Crippen LogP contribution in [-0.4, -0.2) is 36.6 Å². The molecule has 1 aromatic carbocycles. The van der Waals surface area contributed by atoms with E-state index in [9.17, 15) is 0 Å². The summed E-state index contributed by atoms with van der Waals surface area (Å²) < 4.78 is 1.31. The molecule has 0 amide bonds. The average Bonchev–Trinajstić information content (AvgIpc) is 2.29. The van der Waals surface area contributed by atoms with E-state index >= 15 is 0 Å². The monoisotopic (exact) mass is 344 g/mol. The highest BCUT2D eigenvalue weighted by Gasteiger charge is 2.25. The molecule has 0 atom stereocenters. The molecule has 2 rings (SSSR count). The van der Waals surface area contributed by atoms with E-state index < -0.39 is 0 Å². The molecular weight excluding hydrogens is 323 g/mol. The van der Waals surface area contributed by atoms with E-state index in [-0.39, 0.29) is 0 Å². The largest absolute Gasteiger partial charge is 0.369 e. The fraction of sp³-hybridized carbons (Fsp3) is 0.571. The normalized spacial score (nSPS) is 18.5. The number of rotatable bonds is 1. The maximum absolute atomic E-state index is 2.57. The molecule has 0 aliphatic carbocycles. The van der Waals surface area contributed by atoms with Gasteiger partial charge in [-0.2, -0.15) is 0 Å². The van der Waals surface area contributed by atoms with Crippen molar-refractivity contribution in [3.63, 3.8) is 0 Å². The smallest absolute Gasteiger partial charge is 0.0367 e. The van der Waals surface area contributed by atoms with E-state index in [1.54, 1.807) is 0 Å². The van der Waals surface area contributed by atoms with Gasteiger partial charge in [-0.25, -0.2) is 0 Å². The van der Waals surface area contributed by atoms with E-state index in [0.29, 0.717) is 5.54 Å². The molecule has 1 heterocycles. The van der Waals surface area contributed by atoms with Crippen molar-refractivity contribution in [2.24, 2.45) is 0 Å². The standard InChI is InChI=1S/C14H21IN2/c1-14(2,3)17-10-8-16(9-11-17)13-6-4-12(15)5-7-13/h4-7H,8-11H2,1-3H3. The molecule has 1 saturated heterocycles.